The van der Waals surface area contributed by atoms with E-state index in [0.29, 0.717) is 0 Å². The molecule has 0 aliphatic rings. The second kappa shape index (κ2) is 12.4. The van der Waals surface area contributed by atoms with E-state index in [4.69, 9.17) is 43.4 Å². The van der Waals surface area contributed by atoms with Crippen molar-refractivity contribution in [3.63, 3.8) is 0 Å². The number of ether oxygens (including phenoxy) is 1. The lowest BCUT2D eigenvalue weighted by Crippen LogP contribution is -2.27. The number of nitrogens with zero attached hydrogens (tertiary/aromatic N) is 2. The molecule has 10 nitrogen and oxygen atoms in total. The molecule has 16 heteroatoms. The summed E-state index contributed by atoms with van der Waals surface area (Å²) in [5.41, 5.74) is -0.0360. The topological polar surface area (TPSA) is 162 Å². The van der Waals surface area contributed by atoms with Gasteiger partial charge in [-0.25, -0.2) is 4.39 Å². The van der Waals surface area contributed by atoms with Gasteiger partial charge in [-0.1, -0.05) is 29.3 Å². The molecule has 1 amide bonds. The fourth-order valence-corrected chi connectivity index (χ4v) is 2.91. The van der Waals surface area contributed by atoms with E-state index in [0.717, 1.165) is 12.3 Å². The molecule has 0 fully saturated rings. The van der Waals surface area contributed by atoms with Crippen molar-refractivity contribution in [3.05, 3.63) is 85.4 Å². The Hall–Kier alpha value is -3.90. The lowest BCUT2D eigenvalue weighted by atomic mass is 10.2. The number of aliphatic hydroxyl groups is 2. The Morgan fingerprint density at radius 2 is 1.89 bits per heavy atom. The molecule has 4 N–H and O–H groups in total. The number of aliphatic hydroxyl groups excluding tert-OH is 1. The van der Waals surface area contributed by atoms with Crippen LogP contribution in [-0.4, -0.2) is 38.5 Å². The lowest BCUT2D eigenvalue weighted by molar-refractivity contribution is -0.384. The van der Waals surface area contributed by atoms with Gasteiger partial charge in [-0.05, 0) is 24.3 Å². The van der Waals surface area contributed by atoms with Gasteiger partial charge in [0.25, 0.3) is 17.9 Å². The number of H-pyrrole nitrogens is 1. The molecule has 0 aliphatic carbocycles. The van der Waals surface area contributed by atoms with E-state index in [1.54, 1.807) is 0 Å². The SMILES string of the molecule is N#Cc1cc(Cl)cc(Oc2c(Cl)ccc(CNC(=O)c3cc([N+](=O)[O-])c[nH]3)c2F)c1.OC(O)C(F)(F)F. The number of nitriles is 1. The largest absolute Gasteiger partial charge is 0.453 e. The van der Waals surface area contributed by atoms with Crippen molar-refractivity contribution < 1.29 is 42.2 Å². The third-order valence-electron chi connectivity index (χ3n) is 4.20. The highest BCUT2D eigenvalue weighted by molar-refractivity contribution is 6.32. The van der Waals surface area contributed by atoms with Crippen LogP contribution in [0.25, 0.3) is 0 Å². The molecule has 0 radical (unpaired) electrons. The molecule has 1 aromatic heterocycles. The van der Waals surface area contributed by atoms with Crippen molar-refractivity contribution in [1.82, 2.24) is 10.3 Å². The number of aromatic nitrogens is 1. The molecule has 3 rings (SSSR count). The Labute approximate surface area is 214 Å². The molecule has 0 aliphatic heterocycles. The highest BCUT2D eigenvalue weighted by Crippen LogP contribution is 2.35. The highest BCUT2D eigenvalue weighted by Gasteiger charge is 2.36. The van der Waals surface area contributed by atoms with Crippen molar-refractivity contribution in [3.8, 4) is 17.6 Å². The average molecular weight is 565 g/mol. The standard InChI is InChI=1S/C19H11Cl2FN4O4.C2H3F3O2/c20-12-3-10(7-23)4-14(5-12)30-18-15(21)2-1-11(17(18)22)8-25-19(27)16-6-13(9-24-16)26(28)29;3-2(4,5)1(6)7/h1-6,9,24H,8H2,(H,25,27);1,6-7H. The third-order valence-corrected chi connectivity index (χ3v) is 4.72. The maximum atomic E-state index is 14.9. The van der Waals surface area contributed by atoms with Crippen molar-refractivity contribution in [2.45, 2.75) is 19.0 Å². The summed E-state index contributed by atoms with van der Waals surface area (Å²) < 4.78 is 52.4. The fourth-order valence-electron chi connectivity index (χ4n) is 2.50. The second-order valence-corrected chi connectivity index (χ2v) is 7.71. The lowest BCUT2D eigenvalue weighted by Gasteiger charge is -2.13. The van der Waals surface area contributed by atoms with Gasteiger partial charge in [-0.2, -0.15) is 18.4 Å². The molecule has 0 spiro atoms. The van der Waals surface area contributed by atoms with Crippen LogP contribution < -0.4 is 10.1 Å². The van der Waals surface area contributed by atoms with Crippen LogP contribution in [0.3, 0.4) is 0 Å². The van der Waals surface area contributed by atoms with Crippen LogP contribution in [0, 0.1) is 27.3 Å². The number of nitrogens with one attached hydrogen (secondary N) is 2. The van der Waals surface area contributed by atoms with E-state index in [1.807, 2.05) is 6.07 Å². The van der Waals surface area contributed by atoms with Crippen molar-refractivity contribution in [2.75, 3.05) is 0 Å². The number of halogens is 6. The summed E-state index contributed by atoms with van der Waals surface area (Å²) >= 11 is 12.0. The number of benzene rings is 2. The normalized spacial score (nSPS) is 10.8. The average Bonchev–Trinajstić information content (AvgIpc) is 3.31. The maximum Gasteiger partial charge on any atom is 0.439 e. The zero-order valence-corrected chi connectivity index (χ0v) is 19.5. The zero-order valence-electron chi connectivity index (χ0n) is 18.0. The zero-order chi connectivity index (χ0) is 27.9. The summed E-state index contributed by atoms with van der Waals surface area (Å²) in [4.78, 5) is 24.6. The molecule has 0 unspecified atom stereocenters. The molecule has 0 atom stereocenters. The van der Waals surface area contributed by atoms with Crippen molar-refractivity contribution >= 4 is 34.8 Å². The number of rotatable bonds is 6. The van der Waals surface area contributed by atoms with E-state index in [9.17, 15) is 32.5 Å². The Morgan fingerprint density at radius 1 is 1.24 bits per heavy atom. The molecule has 2 aromatic carbocycles. The molecule has 37 heavy (non-hydrogen) atoms. The Balaban J connectivity index is 0.000000604. The number of carbonyl (C=O) groups excluding carboxylic acids is 1. The van der Waals surface area contributed by atoms with E-state index >= 15 is 0 Å². The minimum absolute atomic E-state index is 0.0268. The molecular formula is C21H14Cl2F4N4O6. The monoisotopic (exact) mass is 564 g/mol. The van der Waals surface area contributed by atoms with Gasteiger partial charge in [0.1, 0.15) is 11.4 Å². The maximum absolute atomic E-state index is 14.9. The minimum Gasteiger partial charge on any atom is -0.453 e. The fraction of sp³-hybridized carbons (Fsp3) is 0.143. The van der Waals surface area contributed by atoms with E-state index in [-0.39, 0.29) is 50.6 Å². The third kappa shape index (κ3) is 8.33. The predicted molar refractivity (Wildman–Crippen MR) is 121 cm³/mol. The Kier molecular flexibility index (Phi) is 9.81. The quantitative estimate of drug-likeness (QED) is 0.144. The highest BCUT2D eigenvalue weighted by atomic mass is 35.5. The number of aromatic amines is 1. The number of hydrogen-bond acceptors (Lipinski definition) is 7. The van der Waals surface area contributed by atoms with Gasteiger partial charge in [-0.15, -0.1) is 0 Å². The van der Waals surface area contributed by atoms with Crippen LogP contribution in [-0.2, 0) is 6.54 Å². The van der Waals surface area contributed by atoms with Gasteiger partial charge in [0.15, 0.2) is 11.6 Å². The van der Waals surface area contributed by atoms with E-state index in [1.165, 1.54) is 30.3 Å². The molecule has 0 bridgehead atoms. The number of amides is 1. The Bertz CT molecular complexity index is 1340. The second-order valence-electron chi connectivity index (χ2n) is 6.87. The molecule has 196 valence electrons. The van der Waals surface area contributed by atoms with Crippen molar-refractivity contribution in [2.24, 2.45) is 0 Å². The number of nitro groups is 1. The molecule has 1 heterocycles. The molecular weight excluding hydrogens is 551 g/mol. The summed E-state index contributed by atoms with van der Waals surface area (Å²) in [5.74, 6) is -1.67. The first-order chi connectivity index (χ1) is 17.2. The van der Waals surface area contributed by atoms with Gasteiger partial charge in [0, 0.05) is 23.2 Å². The first-order valence-corrected chi connectivity index (χ1v) is 10.4. The van der Waals surface area contributed by atoms with Gasteiger partial charge in [-0.3, -0.25) is 14.9 Å². The van der Waals surface area contributed by atoms with Gasteiger partial charge >= 0.3 is 6.18 Å². The minimum atomic E-state index is -4.89. The van der Waals surface area contributed by atoms with Crippen LogP contribution >= 0.6 is 23.2 Å². The molecule has 0 saturated heterocycles. The first kappa shape index (κ1) is 29.3. The van der Waals surface area contributed by atoms with Crippen LogP contribution in [0.2, 0.25) is 10.0 Å². The molecule has 3 aromatic rings. The van der Waals surface area contributed by atoms with Crippen molar-refractivity contribution in [1.29, 1.82) is 5.26 Å². The van der Waals surface area contributed by atoms with Crippen LogP contribution in [0.5, 0.6) is 11.5 Å². The Morgan fingerprint density at radius 3 is 2.43 bits per heavy atom. The summed E-state index contributed by atoms with van der Waals surface area (Å²) in [5, 5.41) is 37.0. The van der Waals surface area contributed by atoms with Crippen LogP contribution in [0.4, 0.5) is 23.2 Å². The van der Waals surface area contributed by atoms with E-state index < -0.39 is 29.1 Å². The first-order valence-electron chi connectivity index (χ1n) is 9.62. The summed E-state index contributed by atoms with van der Waals surface area (Å²) in [6, 6.07) is 9.90. The smallest absolute Gasteiger partial charge is 0.439 e. The van der Waals surface area contributed by atoms with Gasteiger partial charge < -0.3 is 25.3 Å². The summed E-state index contributed by atoms with van der Waals surface area (Å²) in [7, 11) is 0. The number of alkyl halides is 3. The van der Waals surface area contributed by atoms with Crippen LogP contribution in [0.1, 0.15) is 21.6 Å². The van der Waals surface area contributed by atoms with E-state index in [2.05, 4.69) is 10.3 Å². The number of carbonyl (C=O) groups is 1. The molecule has 0 saturated carbocycles. The number of hydrogen-bond donors (Lipinski definition) is 4. The summed E-state index contributed by atoms with van der Waals surface area (Å²) in [6.07, 6.45) is -7.02. The predicted octanol–water partition coefficient (Wildman–Crippen LogP) is 4.82. The summed E-state index contributed by atoms with van der Waals surface area (Å²) in [6.45, 7) is -0.232. The van der Waals surface area contributed by atoms with Gasteiger partial charge in [0.05, 0.1) is 27.8 Å². The van der Waals surface area contributed by atoms with Gasteiger partial charge in [0.2, 0.25) is 0 Å². The van der Waals surface area contributed by atoms with Crippen LogP contribution in [0.15, 0.2) is 42.6 Å².